The normalized spacial score (nSPS) is 26.4. The molecule has 1 heterocycles. The first kappa shape index (κ1) is 9.49. The number of aliphatic hydroxyl groups excluding tert-OH is 1. The van der Waals surface area contributed by atoms with Gasteiger partial charge in [0, 0.05) is 18.8 Å². The minimum absolute atomic E-state index is 0.0600. The fraction of sp³-hybridized carbons (Fsp3) is 0.455. The Hall–Kier alpha value is -1.06. The first-order valence-corrected chi connectivity index (χ1v) is 4.95. The third kappa shape index (κ3) is 2.25. The third-order valence-corrected chi connectivity index (χ3v) is 2.46. The van der Waals surface area contributed by atoms with Gasteiger partial charge in [0.25, 0.3) is 0 Å². The quantitative estimate of drug-likeness (QED) is 0.759. The van der Waals surface area contributed by atoms with Gasteiger partial charge < -0.3 is 15.2 Å². The Kier molecular flexibility index (Phi) is 3.01. The summed E-state index contributed by atoms with van der Waals surface area (Å²) in [4.78, 5) is 0. The van der Waals surface area contributed by atoms with Crippen LogP contribution in [-0.2, 0) is 4.74 Å². The van der Waals surface area contributed by atoms with Crippen molar-refractivity contribution < 1.29 is 9.84 Å². The summed E-state index contributed by atoms with van der Waals surface area (Å²) in [5.74, 6) is 0. The molecule has 3 heteroatoms. The number of benzene rings is 1. The zero-order valence-corrected chi connectivity index (χ0v) is 8.02. The minimum Gasteiger partial charge on any atom is -0.390 e. The summed E-state index contributed by atoms with van der Waals surface area (Å²) in [7, 11) is 0. The number of rotatable bonds is 3. The number of hydrogen-bond acceptors (Lipinski definition) is 3. The van der Waals surface area contributed by atoms with Crippen LogP contribution < -0.4 is 5.32 Å². The van der Waals surface area contributed by atoms with E-state index in [1.807, 2.05) is 30.3 Å². The maximum Gasteiger partial charge on any atom is 0.101 e. The molecule has 0 amide bonds. The van der Waals surface area contributed by atoms with E-state index in [1.54, 1.807) is 0 Å². The number of aliphatic hydroxyl groups is 1. The lowest BCUT2D eigenvalue weighted by Gasteiger charge is -2.15. The van der Waals surface area contributed by atoms with Crippen molar-refractivity contribution in [2.45, 2.75) is 18.6 Å². The monoisotopic (exact) mass is 193 g/mol. The van der Waals surface area contributed by atoms with Crippen LogP contribution in [-0.4, -0.2) is 30.5 Å². The Balaban J connectivity index is 1.82. The Bertz CT molecular complexity index is 276. The molecule has 76 valence electrons. The minimum atomic E-state index is -0.314. The molecule has 2 N–H and O–H groups in total. The molecule has 1 aromatic carbocycles. The maximum absolute atomic E-state index is 9.50. The molecule has 0 aliphatic carbocycles. The van der Waals surface area contributed by atoms with Crippen LogP contribution in [0.5, 0.6) is 0 Å². The topological polar surface area (TPSA) is 41.5 Å². The van der Waals surface area contributed by atoms with E-state index in [2.05, 4.69) is 5.32 Å². The van der Waals surface area contributed by atoms with E-state index >= 15 is 0 Å². The van der Waals surface area contributed by atoms with Crippen molar-refractivity contribution >= 4 is 5.69 Å². The second-order valence-corrected chi connectivity index (χ2v) is 3.51. The fourth-order valence-corrected chi connectivity index (χ4v) is 1.61. The van der Waals surface area contributed by atoms with Crippen LogP contribution >= 0.6 is 0 Å². The van der Waals surface area contributed by atoms with Crippen molar-refractivity contribution in [2.24, 2.45) is 0 Å². The molecule has 0 unspecified atom stereocenters. The number of ether oxygens (including phenoxy) is 1. The van der Waals surface area contributed by atoms with Gasteiger partial charge in [-0.15, -0.1) is 0 Å². The number of anilines is 1. The molecule has 0 aromatic heterocycles. The van der Waals surface area contributed by atoms with Gasteiger partial charge in [-0.05, 0) is 18.6 Å². The SMILES string of the molecule is O[C@@H]1CCO[C@@H]1CNc1ccccc1. The highest BCUT2D eigenvalue weighted by Gasteiger charge is 2.25. The largest absolute Gasteiger partial charge is 0.390 e. The average Bonchev–Trinajstić information content (AvgIpc) is 2.63. The molecule has 3 nitrogen and oxygen atoms in total. The van der Waals surface area contributed by atoms with E-state index in [4.69, 9.17) is 4.74 Å². The molecule has 1 aromatic rings. The highest BCUT2D eigenvalue weighted by Crippen LogP contribution is 2.14. The molecule has 2 atom stereocenters. The van der Waals surface area contributed by atoms with Gasteiger partial charge in [-0.2, -0.15) is 0 Å². The van der Waals surface area contributed by atoms with Crippen LogP contribution in [0.15, 0.2) is 30.3 Å². The van der Waals surface area contributed by atoms with Gasteiger partial charge in [0.15, 0.2) is 0 Å². The fourth-order valence-electron chi connectivity index (χ4n) is 1.61. The van der Waals surface area contributed by atoms with Crippen molar-refractivity contribution in [1.82, 2.24) is 0 Å². The molecule has 1 fully saturated rings. The highest BCUT2D eigenvalue weighted by atomic mass is 16.5. The zero-order valence-electron chi connectivity index (χ0n) is 8.02. The molecule has 14 heavy (non-hydrogen) atoms. The predicted molar refractivity (Wildman–Crippen MR) is 55.3 cm³/mol. The number of para-hydroxylation sites is 1. The van der Waals surface area contributed by atoms with Crippen LogP contribution in [0.2, 0.25) is 0 Å². The number of nitrogens with one attached hydrogen (secondary N) is 1. The molecule has 1 aliphatic heterocycles. The summed E-state index contributed by atoms with van der Waals surface area (Å²) < 4.78 is 5.37. The summed E-state index contributed by atoms with van der Waals surface area (Å²) in [6.45, 7) is 1.34. The van der Waals surface area contributed by atoms with Crippen molar-refractivity contribution in [3.63, 3.8) is 0 Å². The van der Waals surface area contributed by atoms with E-state index in [1.165, 1.54) is 0 Å². The van der Waals surface area contributed by atoms with Gasteiger partial charge in [-0.1, -0.05) is 18.2 Å². The Morgan fingerprint density at radius 1 is 1.36 bits per heavy atom. The van der Waals surface area contributed by atoms with Crippen molar-refractivity contribution in [2.75, 3.05) is 18.5 Å². The van der Waals surface area contributed by atoms with Gasteiger partial charge in [-0.25, -0.2) is 0 Å². The smallest absolute Gasteiger partial charge is 0.101 e. The van der Waals surface area contributed by atoms with Crippen molar-refractivity contribution in [3.8, 4) is 0 Å². The second kappa shape index (κ2) is 4.44. The molecule has 1 aliphatic rings. The molecular weight excluding hydrogens is 178 g/mol. The maximum atomic E-state index is 9.50. The van der Waals surface area contributed by atoms with Crippen LogP contribution in [0.25, 0.3) is 0 Å². The van der Waals surface area contributed by atoms with Crippen LogP contribution in [0.1, 0.15) is 6.42 Å². The Morgan fingerprint density at radius 3 is 2.79 bits per heavy atom. The van der Waals surface area contributed by atoms with Gasteiger partial charge in [0.2, 0.25) is 0 Å². The van der Waals surface area contributed by atoms with Crippen molar-refractivity contribution in [3.05, 3.63) is 30.3 Å². The van der Waals surface area contributed by atoms with Gasteiger partial charge >= 0.3 is 0 Å². The lowest BCUT2D eigenvalue weighted by molar-refractivity contribution is 0.0515. The highest BCUT2D eigenvalue weighted by molar-refractivity contribution is 5.42. The first-order valence-electron chi connectivity index (χ1n) is 4.95. The van der Waals surface area contributed by atoms with E-state index in [9.17, 15) is 5.11 Å². The van der Waals surface area contributed by atoms with Crippen molar-refractivity contribution in [1.29, 1.82) is 0 Å². The average molecular weight is 193 g/mol. The first-order chi connectivity index (χ1) is 6.86. The van der Waals surface area contributed by atoms with E-state index in [0.717, 1.165) is 12.1 Å². The molecule has 0 radical (unpaired) electrons. The predicted octanol–water partition coefficient (Wildman–Crippen LogP) is 1.25. The molecular formula is C11H15NO2. The lowest BCUT2D eigenvalue weighted by Crippen LogP contribution is -2.28. The summed E-state index contributed by atoms with van der Waals surface area (Å²) in [6.07, 6.45) is 0.377. The van der Waals surface area contributed by atoms with Crippen LogP contribution in [0, 0.1) is 0 Å². The summed E-state index contributed by atoms with van der Waals surface area (Å²) in [5.41, 5.74) is 1.07. The van der Waals surface area contributed by atoms with Gasteiger partial charge in [0.05, 0.1) is 6.10 Å². The van der Waals surface area contributed by atoms with E-state index in [0.29, 0.717) is 13.2 Å². The van der Waals surface area contributed by atoms with E-state index in [-0.39, 0.29) is 12.2 Å². The van der Waals surface area contributed by atoms with Gasteiger partial charge in [-0.3, -0.25) is 0 Å². The molecule has 0 bridgehead atoms. The molecule has 1 saturated heterocycles. The third-order valence-electron chi connectivity index (χ3n) is 2.46. The summed E-state index contributed by atoms with van der Waals surface area (Å²) in [5, 5.41) is 12.7. The van der Waals surface area contributed by atoms with Gasteiger partial charge in [0.1, 0.15) is 6.10 Å². The van der Waals surface area contributed by atoms with E-state index < -0.39 is 0 Å². The molecule has 0 spiro atoms. The summed E-state index contributed by atoms with van der Waals surface area (Å²) >= 11 is 0. The summed E-state index contributed by atoms with van der Waals surface area (Å²) in [6, 6.07) is 9.94. The molecule has 2 rings (SSSR count). The Morgan fingerprint density at radius 2 is 2.14 bits per heavy atom. The Labute approximate surface area is 83.7 Å². The lowest BCUT2D eigenvalue weighted by atomic mass is 10.2. The van der Waals surface area contributed by atoms with Crippen LogP contribution in [0.3, 0.4) is 0 Å². The zero-order chi connectivity index (χ0) is 9.80. The second-order valence-electron chi connectivity index (χ2n) is 3.51. The number of hydrogen-bond donors (Lipinski definition) is 2. The standard InChI is InChI=1S/C11H15NO2/c13-10-6-7-14-11(10)8-12-9-4-2-1-3-5-9/h1-5,10-13H,6-8H2/t10-,11-/m1/s1. The van der Waals surface area contributed by atoms with Crippen LogP contribution in [0.4, 0.5) is 5.69 Å². The molecule has 0 saturated carbocycles.